The lowest BCUT2D eigenvalue weighted by Gasteiger charge is -2.34. The van der Waals surface area contributed by atoms with Crippen molar-refractivity contribution in [3.8, 4) is 11.5 Å². The van der Waals surface area contributed by atoms with E-state index in [-0.39, 0.29) is 6.10 Å². The molecule has 1 N–H and O–H groups in total. The number of aliphatic hydroxyl groups is 1. The highest BCUT2D eigenvalue weighted by atomic mass is 16.5. The highest BCUT2D eigenvalue weighted by Crippen LogP contribution is 2.51. The van der Waals surface area contributed by atoms with Gasteiger partial charge in [-0.05, 0) is 44.9 Å². The smallest absolute Gasteiger partial charge is 0.336 e. The fraction of sp³-hybridized carbons (Fsp3) is 0.522. The van der Waals surface area contributed by atoms with E-state index in [4.69, 9.17) is 13.9 Å². The first-order valence-corrected chi connectivity index (χ1v) is 10.2. The van der Waals surface area contributed by atoms with Crippen molar-refractivity contribution >= 4 is 17.0 Å². The number of rotatable bonds is 2. The molecule has 2 aromatic rings. The zero-order chi connectivity index (χ0) is 20.6. The first-order chi connectivity index (χ1) is 13.3. The standard InChI is InChI=1S/C21H24O5.C2H6/c1-5-6-12-10-15(23)25-20-16(12)19-13(7-8-21(3,4)26-19)18-17(20)14(22)9-11(2)24-18;1-2/h7-8,10-11,14,22H,5-6,9H2,1-4H3;1-2H3/t11?,14-;/m0./s1. The van der Waals surface area contributed by atoms with E-state index in [1.807, 2.05) is 46.8 Å². The second kappa shape index (κ2) is 7.63. The molecule has 0 saturated carbocycles. The highest BCUT2D eigenvalue weighted by Gasteiger charge is 2.36. The average molecular weight is 386 g/mol. The first-order valence-electron chi connectivity index (χ1n) is 10.2. The molecule has 0 saturated heterocycles. The summed E-state index contributed by atoms with van der Waals surface area (Å²) in [4.78, 5) is 12.2. The monoisotopic (exact) mass is 386 g/mol. The molecule has 5 nitrogen and oxygen atoms in total. The molecule has 2 aliphatic heterocycles. The summed E-state index contributed by atoms with van der Waals surface area (Å²) in [6, 6.07) is 1.53. The van der Waals surface area contributed by atoms with Gasteiger partial charge in [0.05, 0.1) is 28.7 Å². The second-order valence-electron chi connectivity index (χ2n) is 7.75. The molecule has 28 heavy (non-hydrogen) atoms. The SMILES string of the molecule is CC.CCCc1cc(=O)oc2c3c(c4c(c12)OC(C)(C)C=C4)OC(C)C[C@@H]3O. The minimum absolute atomic E-state index is 0.132. The summed E-state index contributed by atoms with van der Waals surface area (Å²) in [5.74, 6) is 1.22. The van der Waals surface area contributed by atoms with Crippen LogP contribution in [0, 0.1) is 0 Å². The molecule has 4 rings (SSSR count). The molecule has 5 heteroatoms. The molecule has 0 radical (unpaired) electrons. The van der Waals surface area contributed by atoms with Gasteiger partial charge in [-0.3, -0.25) is 0 Å². The molecule has 1 aromatic heterocycles. The predicted molar refractivity (Wildman–Crippen MR) is 111 cm³/mol. The number of hydrogen-bond donors (Lipinski definition) is 1. The Morgan fingerprint density at radius 2 is 1.96 bits per heavy atom. The van der Waals surface area contributed by atoms with Gasteiger partial charge >= 0.3 is 5.63 Å². The first kappa shape index (κ1) is 20.5. The third-order valence-electron chi connectivity index (χ3n) is 4.99. The predicted octanol–water partition coefficient (Wildman–Crippen LogP) is 5.16. The largest absolute Gasteiger partial charge is 0.489 e. The third-order valence-corrected chi connectivity index (χ3v) is 4.99. The molecule has 0 spiro atoms. The van der Waals surface area contributed by atoms with E-state index in [9.17, 15) is 9.90 Å². The van der Waals surface area contributed by atoms with Crippen molar-refractivity contribution < 1.29 is 19.0 Å². The van der Waals surface area contributed by atoms with Crippen LogP contribution in [0.5, 0.6) is 11.5 Å². The van der Waals surface area contributed by atoms with E-state index in [1.54, 1.807) is 0 Å². The van der Waals surface area contributed by atoms with Crippen LogP contribution in [-0.2, 0) is 6.42 Å². The van der Waals surface area contributed by atoms with Crippen molar-refractivity contribution in [2.75, 3.05) is 0 Å². The van der Waals surface area contributed by atoms with Gasteiger partial charge in [-0.25, -0.2) is 4.79 Å². The van der Waals surface area contributed by atoms with Gasteiger partial charge < -0.3 is 19.0 Å². The maximum atomic E-state index is 12.2. The Labute approximate surface area is 166 Å². The Morgan fingerprint density at radius 1 is 1.25 bits per heavy atom. The zero-order valence-electron chi connectivity index (χ0n) is 17.6. The molecule has 0 amide bonds. The van der Waals surface area contributed by atoms with E-state index in [0.29, 0.717) is 29.1 Å². The van der Waals surface area contributed by atoms with Gasteiger partial charge in [0.1, 0.15) is 17.1 Å². The van der Waals surface area contributed by atoms with Gasteiger partial charge in [-0.15, -0.1) is 0 Å². The van der Waals surface area contributed by atoms with Crippen LogP contribution in [-0.4, -0.2) is 16.8 Å². The van der Waals surface area contributed by atoms with Gasteiger partial charge in [0, 0.05) is 12.5 Å². The Hall–Kier alpha value is -2.27. The summed E-state index contributed by atoms with van der Waals surface area (Å²) >= 11 is 0. The Kier molecular flexibility index (Phi) is 5.57. The lowest BCUT2D eigenvalue weighted by molar-refractivity contribution is 0.0741. The second-order valence-corrected chi connectivity index (χ2v) is 7.75. The molecule has 152 valence electrons. The average Bonchev–Trinajstić information content (AvgIpc) is 2.61. The van der Waals surface area contributed by atoms with Gasteiger partial charge in [0.2, 0.25) is 0 Å². The number of aryl methyl sites for hydroxylation is 1. The summed E-state index contributed by atoms with van der Waals surface area (Å²) in [6.07, 6.45) is 5.17. The zero-order valence-corrected chi connectivity index (χ0v) is 17.6. The van der Waals surface area contributed by atoms with Crippen molar-refractivity contribution in [3.05, 3.63) is 39.3 Å². The van der Waals surface area contributed by atoms with Crippen LogP contribution in [0.4, 0.5) is 0 Å². The molecule has 1 aromatic carbocycles. The van der Waals surface area contributed by atoms with Crippen LogP contribution >= 0.6 is 0 Å². The minimum Gasteiger partial charge on any atom is -0.489 e. The van der Waals surface area contributed by atoms with E-state index >= 15 is 0 Å². The fourth-order valence-electron chi connectivity index (χ4n) is 3.88. The lowest BCUT2D eigenvalue weighted by atomic mass is 9.89. The molecular formula is C23H30O5. The van der Waals surface area contributed by atoms with Crippen molar-refractivity contribution in [2.24, 2.45) is 0 Å². The van der Waals surface area contributed by atoms with Gasteiger partial charge in [0.25, 0.3) is 0 Å². The summed E-state index contributed by atoms with van der Waals surface area (Å²) in [6.45, 7) is 11.9. The van der Waals surface area contributed by atoms with Crippen molar-refractivity contribution in [2.45, 2.75) is 78.6 Å². The molecule has 2 aliphatic rings. The number of hydrogen-bond acceptors (Lipinski definition) is 5. The minimum atomic E-state index is -0.745. The van der Waals surface area contributed by atoms with Crippen LogP contribution in [0.1, 0.15) is 77.2 Å². The van der Waals surface area contributed by atoms with Crippen LogP contribution in [0.2, 0.25) is 0 Å². The molecule has 3 heterocycles. The number of ether oxygens (including phenoxy) is 2. The Morgan fingerprint density at radius 3 is 2.64 bits per heavy atom. The Balaban J connectivity index is 0.00000109. The van der Waals surface area contributed by atoms with E-state index in [1.165, 1.54) is 6.07 Å². The van der Waals surface area contributed by atoms with E-state index in [0.717, 1.165) is 29.4 Å². The van der Waals surface area contributed by atoms with Crippen LogP contribution in [0.25, 0.3) is 17.0 Å². The highest BCUT2D eigenvalue weighted by molar-refractivity contribution is 5.97. The van der Waals surface area contributed by atoms with Crippen LogP contribution < -0.4 is 15.1 Å². The Bertz CT molecular complexity index is 967. The van der Waals surface area contributed by atoms with Gasteiger partial charge in [-0.2, -0.15) is 0 Å². The molecule has 0 aliphatic carbocycles. The molecule has 2 atom stereocenters. The molecule has 0 fully saturated rings. The van der Waals surface area contributed by atoms with Crippen LogP contribution in [0.15, 0.2) is 21.4 Å². The van der Waals surface area contributed by atoms with Crippen LogP contribution in [0.3, 0.4) is 0 Å². The van der Waals surface area contributed by atoms with Crippen molar-refractivity contribution in [1.29, 1.82) is 0 Å². The lowest BCUT2D eigenvalue weighted by Crippen LogP contribution is -2.30. The number of fused-ring (bicyclic) bond motifs is 6. The summed E-state index contributed by atoms with van der Waals surface area (Å²) in [5, 5.41) is 11.5. The normalized spacial score (nSPS) is 21.7. The van der Waals surface area contributed by atoms with Crippen molar-refractivity contribution in [1.82, 2.24) is 0 Å². The van der Waals surface area contributed by atoms with Crippen molar-refractivity contribution in [3.63, 3.8) is 0 Å². The quantitative estimate of drug-likeness (QED) is 0.722. The topological polar surface area (TPSA) is 68.9 Å². The van der Waals surface area contributed by atoms with Gasteiger partial charge in [0.15, 0.2) is 5.58 Å². The number of benzene rings is 1. The van der Waals surface area contributed by atoms with E-state index < -0.39 is 17.3 Å². The van der Waals surface area contributed by atoms with E-state index in [2.05, 4.69) is 6.92 Å². The molecule has 1 unspecified atom stereocenters. The summed E-state index contributed by atoms with van der Waals surface area (Å²) in [7, 11) is 0. The maximum absolute atomic E-state index is 12.2. The molecular weight excluding hydrogens is 356 g/mol. The maximum Gasteiger partial charge on any atom is 0.336 e. The summed E-state index contributed by atoms with van der Waals surface area (Å²) < 4.78 is 17.9. The third kappa shape index (κ3) is 3.44. The molecule has 0 bridgehead atoms. The number of aliphatic hydroxyl groups excluding tert-OH is 1. The van der Waals surface area contributed by atoms with Gasteiger partial charge in [-0.1, -0.05) is 27.2 Å². The summed E-state index contributed by atoms with van der Waals surface area (Å²) in [5.41, 5.74) is 1.74. The fourth-order valence-corrected chi connectivity index (χ4v) is 3.88.